The molecule has 1 aliphatic heterocycles. The van der Waals surface area contributed by atoms with E-state index in [1.54, 1.807) is 0 Å². The molecule has 1 saturated heterocycles. The van der Waals surface area contributed by atoms with Crippen LogP contribution in [0.1, 0.15) is 47.1 Å². The van der Waals surface area contributed by atoms with E-state index < -0.39 is 61.6 Å². The van der Waals surface area contributed by atoms with Crippen molar-refractivity contribution >= 4 is 19.2 Å². The summed E-state index contributed by atoms with van der Waals surface area (Å²) in [6, 6.07) is 19.2. The van der Waals surface area contributed by atoms with Crippen LogP contribution in [0, 0.1) is 0 Å². The van der Waals surface area contributed by atoms with Crippen molar-refractivity contribution in [1.82, 2.24) is 9.55 Å². The Morgan fingerprint density at radius 2 is 1.52 bits per heavy atom. The molecule has 0 spiro atoms. The zero-order chi connectivity index (χ0) is 29.3. The summed E-state index contributed by atoms with van der Waals surface area (Å²) in [4.78, 5) is 28.4. The van der Waals surface area contributed by atoms with Crippen LogP contribution in [0.2, 0.25) is 0 Å². The van der Waals surface area contributed by atoms with Gasteiger partial charge in [0, 0.05) is 6.20 Å². The zero-order valence-corrected chi connectivity index (χ0v) is 25.0. The molecule has 0 saturated carbocycles. The van der Waals surface area contributed by atoms with Gasteiger partial charge in [0.15, 0.2) is 14.1 Å². The first kappa shape index (κ1) is 30.1. The maximum atomic E-state index is 14.1. The lowest BCUT2D eigenvalue weighted by molar-refractivity contribution is -0.156. The Morgan fingerprint density at radius 3 is 2.00 bits per heavy atom. The van der Waals surface area contributed by atoms with Gasteiger partial charge >= 0.3 is 5.69 Å². The first-order chi connectivity index (χ1) is 18.8. The SMILES string of the molecule is CC(C)(C)OC[C@H]1O[C@](n2cc(CF)c(=O)[nH]c2=O)([SiH](c2ccccc2)c2ccccc2)[C@H](OC(C)(C)C)[C@@H]1O. The van der Waals surface area contributed by atoms with Gasteiger partial charge in [-0.2, -0.15) is 0 Å². The van der Waals surface area contributed by atoms with Crippen LogP contribution >= 0.6 is 0 Å². The molecule has 4 atom stereocenters. The molecule has 0 amide bonds. The summed E-state index contributed by atoms with van der Waals surface area (Å²) in [5, 5.41) is 12.0. The fourth-order valence-electron chi connectivity index (χ4n) is 5.21. The number of nitrogens with one attached hydrogen (secondary N) is 1. The summed E-state index contributed by atoms with van der Waals surface area (Å²) in [7, 11) is -2.78. The van der Waals surface area contributed by atoms with Gasteiger partial charge in [-0.25, -0.2) is 9.18 Å². The summed E-state index contributed by atoms with van der Waals surface area (Å²) >= 11 is 0. The second-order valence-electron chi connectivity index (χ2n) is 12.1. The van der Waals surface area contributed by atoms with E-state index in [9.17, 15) is 19.1 Å². The molecular weight excluding hydrogens is 531 g/mol. The van der Waals surface area contributed by atoms with Crippen molar-refractivity contribution in [3.05, 3.63) is 93.3 Å². The number of hydrogen-bond donors (Lipinski definition) is 2. The highest BCUT2D eigenvalue weighted by Crippen LogP contribution is 2.41. The Labute approximate surface area is 235 Å². The number of ether oxygens (including phenoxy) is 3. The highest BCUT2D eigenvalue weighted by molar-refractivity contribution is 6.86. The normalized spacial score (nSPS) is 23.6. The van der Waals surface area contributed by atoms with Gasteiger partial charge in [0.25, 0.3) is 5.56 Å². The molecule has 40 heavy (non-hydrogen) atoms. The van der Waals surface area contributed by atoms with Crippen LogP contribution in [0.5, 0.6) is 0 Å². The minimum atomic E-state index is -2.78. The van der Waals surface area contributed by atoms with Crippen LogP contribution in [0.15, 0.2) is 76.4 Å². The monoisotopic (exact) mass is 570 g/mol. The number of rotatable bonds is 8. The van der Waals surface area contributed by atoms with Gasteiger partial charge in [-0.15, -0.1) is 0 Å². The molecule has 10 heteroatoms. The van der Waals surface area contributed by atoms with Crippen molar-refractivity contribution in [2.45, 2.75) is 83.1 Å². The van der Waals surface area contributed by atoms with E-state index in [1.807, 2.05) is 102 Å². The molecule has 1 fully saturated rings. The van der Waals surface area contributed by atoms with E-state index in [2.05, 4.69) is 4.98 Å². The number of benzene rings is 2. The zero-order valence-electron chi connectivity index (χ0n) is 23.9. The number of alkyl halides is 1. The third kappa shape index (κ3) is 6.21. The highest BCUT2D eigenvalue weighted by Gasteiger charge is 2.63. The van der Waals surface area contributed by atoms with Crippen molar-refractivity contribution < 1.29 is 23.7 Å². The minimum Gasteiger partial charge on any atom is -0.387 e. The van der Waals surface area contributed by atoms with Gasteiger partial charge in [0.05, 0.1) is 23.4 Å². The Bertz CT molecular complexity index is 1360. The number of aliphatic hydroxyl groups excluding tert-OH is 1. The second-order valence-corrected chi connectivity index (χ2v) is 15.2. The predicted octanol–water partition coefficient (Wildman–Crippen LogP) is 2.00. The third-order valence-electron chi connectivity index (χ3n) is 6.82. The van der Waals surface area contributed by atoms with Crippen LogP contribution < -0.4 is 21.6 Å². The quantitative estimate of drug-likeness (QED) is 0.402. The standard InChI is InChI=1S/C30H39FN2O6Si/c1-28(2,3)37-19-23-24(34)25(39-29(4,5)6)30(38-23,33-18-20(17-31)26(35)32-27(33)36)40(21-13-9-7-10-14-21)22-15-11-8-12-16-22/h7-16,18,23-25,34,40H,17,19H2,1-6H3,(H,32,35,36)/t23-,24-,25-,30+/m1/s1. The lowest BCUT2D eigenvalue weighted by Gasteiger charge is -2.44. The molecule has 1 aliphatic rings. The molecule has 2 N–H and O–H groups in total. The predicted molar refractivity (Wildman–Crippen MR) is 155 cm³/mol. The first-order valence-corrected chi connectivity index (χ1v) is 15.2. The maximum absolute atomic E-state index is 14.1. The molecule has 0 unspecified atom stereocenters. The van der Waals surface area contributed by atoms with Crippen LogP contribution in [-0.2, 0) is 26.2 Å². The van der Waals surface area contributed by atoms with E-state index >= 15 is 0 Å². The Morgan fingerprint density at radius 1 is 0.975 bits per heavy atom. The Kier molecular flexibility index (Phi) is 8.67. The van der Waals surface area contributed by atoms with Gasteiger partial charge < -0.3 is 19.3 Å². The van der Waals surface area contributed by atoms with Crippen molar-refractivity contribution in [3.63, 3.8) is 0 Å². The van der Waals surface area contributed by atoms with Crippen LogP contribution in [0.3, 0.4) is 0 Å². The average Bonchev–Trinajstić information content (AvgIpc) is 3.14. The third-order valence-corrected chi connectivity index (χ3v) is 10.5. The lowest BCUT2D eigenvalue weighted by Crippen LogP contribution is -2.70. The number of aliphatic hydroxyl groups is 1. The van der Waals surface area contributed by atoms with Crippen LogP contribution in [0.4, 0.5) is 4.39 Å². The Hall–Kier alpha value is -2.89. The molecule has 0 bridgehead atoms. The highest BCUT2D eigenvalue weighted by atomic mass is 28.3. The van der Waals surface area contributed by atoms with E-state index in [1.165, 1.54) is 10.8 Å². The van der Waals surface area contributed by atoms with Crippen molar-refractivity contribution in [1.29, 1.82) is 0 Å². The molecule has 216 valence electrons. The molecule has 3 aromatic rings. The molecule has 2 heterocycles. The van der Waals surface area contributed by atoms with Crippen LogP contribution in [-0.4, -0.2) is 59.6 Å². The van der Waals surface area contributed by atoms with Crippen molar-refractivity contribution in [2.75, 3.05) is 6.61 Å². The molecular formula is C30H39FN2O6Si. The summed E-state index contributed by atoms with van der Waals surface area (Å²) in [6.45, 7) is 10.2. The fraction of sp³-hybridized carbons (Fsp3) is 0.467. The lowest BCUT2D eigenvalue weighted by atomic mass is 10.1. The summed E-state index contributed by atoms with van der Waals surface area (Å²) in [5.74, 6) is 0. The second kappa shape index (κ2) is 11.5. The van der Waals surface area contributed by atoms with Crippen LogP contribution in [0.25, 0.3) is 0 Å². The first-order valence-electron chi connectivity index (χ1n) is 13.5. The van der Waals surface area contributed by atoms with Gasteiger partial charge in [-0.05, 0) is 41.5 Å². The van der Waals surface area contributed by atoms with Gasteiger partial charge in [0.2, 0.25) is 0 Å². The maximum Gasteiger partial charge on any atom is 0.330 e. The molecule has 8 nitrogen and oxygen atoms in total. The molecule has 0 aliphatic carbocycles. The number of H-pyrrole nitrogens is 1. The molecule has 4 rings (SSSR count). The Balaban J connectivity index is 2.09. The molecule has 0 radical (unpaired) electrons. The number of nitrogens with zero attached hydrogens (tertiary/aromatic N) is 1. The van der Waals surface area contributed by atoms with E-state index in [0.717, 1.165) is 10.4 Å². The molecule has 1 aromatic heterocycles. The summed E-state index contributed by atoms with van der Waals surface area (Å²) in [5.41, 5.74) is -3.11. The number of hydrogen-bond acceptors (Lipinski definition) is 6. The molecule has 2 aromatic carbocycles. The smallest absolute Gasteiger partial charge is 0.330 e. The van der Waals surface area contributed by atoms with Crippen molar-refractivity contribution in [3.8, 4) is 0 Å². The largest absolute Gasteiger partial charge is 0.387 e. The summed E-state index contributed by atoms with van der Waals surface area (Å²) < 4.78 is 34.8. The van der Waals surface area contributed by atoms with Gasteiger partial charge in [-0.3, -0.25) is 14.3 Å². The van der Waals surface area contributed by atoms with Crippen molar-refractivity contribution in [2.24, 2.45) is 0 Å². The van der Waals surface area contributed by atoms with E-state index in [4.69, 9.17) is 14.2 Å². The minimum absolute atomic E-state index is 0.0230. The van der Waals surface area contributed by atoms with E-state index in [-0.39, 0.29) is 12.2 Å². The van der Waals surface area contributed by atoms with E-state index in [0.29, 0.717) is 0 Å². The topological polar surface area (TPSA) is 103 Å². The average molecular weight is 571 g/mol. The van der Waals surface area contributed by atoms with Gasteiger partial charge in [-0.1, -0.05) is 71.0 Å². The number of halogens is 1. The summed E-state index contributed by atoms with van der Waals surface area (Å²) in [6.07, 6.45) is -1.96. The fourth-order valence-corrected chi connectivity index (χ4v) is 9.14. The number of aromatic nitrogens is 2. The number of aromatic amines is 1. The van der Waals surface area contributed by atoms with Gasteiger partial charge in [0.1, 0.15) is 25.0 Å².